The molecule has 31 heavy (non-hydrogen) atoms. The van der Waals surface area contributed by atoms with Crippen molar-refractivity contribution >= 4 is 22.7 Å². The van der Waals surface area contributed by atoms with E-state index in [4.69, 9.17) is 9.47 Å². The number of nitrogens with one attached hydrogen (secondary N) is 1. The number of thioether (sulfide) groups is 1. The monoisotopic (exact) mass is 437 g/mol. The predicted molar refractivity (Wildman–Crippen MR) is 120 cm³/mol. The molecule has 0 bridgehead atoms. The second-order valence-electron chi connectivity index (χ2n) is 6.90. The van der Waals surface area contributed by atoms with Crippen LogP contribution in [0.5, 0.6) is 11.5 Å². The third kappa shape index (κ3) is 4.56. The van der Waals surface area contributed by atoms with Crippen LogP contribution in [0.2, 0.25) is 0 Å². The van der Waals surface area contributed by atoms with E-state index in [9.17, 15) is 4.79 Å². The van der Waals surface area contributed by atoms with Crippen molar-refractivity contribution in [3.05, 3.63) is 70.0 Å². The lowest BCUT2D eigenvalue weighted by Gasteiger charge is -2.12. The van der Waals surface area contributed by atoms with Crippen LogP contribution in [0.1, 0.15) is 24.1 Å². The number of aromatic amines is 1. The molecule has 0 fully saturated rings. The number of nitrogens with zero attached hydrogens (tertiary/aromatic N) is 4. The first kappa shape index (κ1) is 20.9. The van der Waals surface area contributed by atoms with Gasteiger partial charge in [-0.3, -0.25) is 4.79 Å². The molecule has 9 heteroatoms. The van der Waals surface area contributed by atoms with E-state index in [0.717, 1.165) is 10.7 Å². The molecular weight excluding hydrogens is 414 g/mol. The van der Waals surface area contributed by atoms with Crippen LogP contribution in [0, 0.1) is 6.92 Å². The molecule has 0 unspecified atom stereocenters. The first-order valence-electron chi connectivity index (χ1n) is 9.89. The maximum absolute atomic E-state index is 12.3. The molecule has 0 saturated carbocycles. The number of rotatable bonds is 8. The van der Waals surface area contributed by atoms with Crippen LogP contribution in [0.4, 0.5) is 0 Å². The number of hydrogen-bond acceptors (Lipinski definition) is 7. The number of ether oxygens (including phenoxy) is 2. The van der Waals surface area contributed by atoms with Crippen molar-refractivity contribution in [2.24, 2.45) is 0 Å². The van der Waals surface area contributed by atoms with E-state index in [1.807, 2.05) is 54.8 Å². The number of benzene rings is 2. The standard InChI is InChI=1S/C22H23N5O3S/c1-4-27-20(12-30-17-10-9-14(2)11-18(17)29-3)25-26-22(27)31-13-19-23-16-8-6-5-7-15(16)21(28)24-19/h5-11H,4,12-13H2,1-3H3,(H,23,24,28). The molecule has 160 valence electrons. The molecule has 2 heterocycles. The molecule has 4 rings (SSSR count). The van der Waals surface area contributed by atoms with E-state index in [2.05, 4.69) is 20.2 Å². The van der Waals surface area contributed by atoms with Gasteiger partial charge >= 0.3 is 0 Å². The van der Waals surface area contributed by atoms with Gasteiger partial charge in [0.15, 0.2) is 22.5 Å². The van der Waals surface area contributed by atoms with E-state index in [1.165, 1.54) is 11.8 Å². The zero-order chi connectivity index (χ0) is 21.8. The SMILES string of the molecule is CCn1c(COc2ccc(C)cc2OC)nnc1SCc1nc2ccccc2c(=O)[nH]1. The van der Waals surface area contributed by atoms with Gasteiger partial charge in [0.1, 0.15) is 12.4 Å². The van der Waals surface area contributed by atoms with Crippen LogP contribution in [-0.4, -0.2) is 31.8 Å². The number of aromatic nitrogens is 5. The van der Waals surface area contributed by atoms with E-state index in [0.29, 0.717) is 46.3 Å². The normalized spacial score (nSPS) is 11.1. The van der Waals surface area contributed by atoms with Crippen LogP contribution in [0.25, 0.3) is 10.9 Å². The van der Waals surface area contributed by atoms with Crippen molar-refractivity contribution in [3.63, 3.8) is 0 Å². The highest BCUT2D eigenvalue weighted by atomic mass is 32.2. The van der Waals surface area contributed by atoms with Crippen LogP contribution in [0.15, 0.2) is 52.4 Å². The van der Waals surface area contributed by atoms with Crippen molar-refractivity contribution in [3.8, 4) is 11.5 Å². The zero-order valence-corrected chi connectivity index (χ0v) is 18.4. The van der Waals surface area contributed by atoms with Gasteiger partial charge in [-0.15, -0.1) is 10.2 Å². The fourth-order valence-electron chi connectivity index (χ4n) is 3.22. The molecule has 0 spiro atoms. The van der Waals surface area contributed by atoms with Crippen LogP contribution >= 0.6 is 11.8 Å². The molecule has 0 radical (unpaired) electrons. The second kappa shape index (κ2) is 9.22. The van der Waals surface area contributed by atoms with Crippen LogP contribution < -0.4 is 15.0 Å². The minimum absolute atomic E-state index is 0.140. The quantitative estimate of drug-likeness (QED) is 0.420. The average Bonchev–Trinajstić information content (AvgIpc) is 3.18. The molecule has 0 atom stereocenters. The molecule has 0 aliphatic rings. The maximum atomic E-state index is 12.3. The highest BCUT2D eigenvalue weighted by molar-refractivity contribution is 7.98. The third-order valence-corrected chi connectivity index (χ3v) is 5.76. The molecule has 4 aromatic rings. The third-order valence-electron chi connectivity index (χ3n) is 4.79. The van der Waals surface area contributed by atoms with Gasteiger partial charge in [0.05, 0.1) is 23.8 Å². The lowest BCUT2D eigenvalue weighted by atomic mass is 10.2. The minimum Gasteiger partial charge on any atom is -0.493 e. The van der Waals surface area contributed by atoms with Crippen molar-refractivity contribution in [2.45, 2.75) is 37.9 Å². The van der Waals surface area contributed by atoms with E-state index < -0.39 is 0 Å². The summed E-state index contributed by atoms with van der Waals surface area (Å²) in [5, 5.41) is 9.92. The lowest BCUT2D eigenvalue weighted by Crippen LogP contribution is -2.11. The Hall–Kier alpha value is -3.33. The number of fused-ring (bicyclic) bond motifs is 1. The Bertz CT molecular complexity index is 1270. The Balaban J connectivity index is 1.48. The molecule has 0 aliphatic carbocycles. The number of methoxy groups -OCH3 is 1. The van der Waals surface area contributed by atoms with Gasteiger partial charge in [-0.2, -0.15) is 0 Å². The van der Waals surface area contributed by atoms with Gasteiger partial charge in [0.2, 0.25) is 0 Å². The fraction of sp³-hybridized carbons (Fsp3) is 0.273. The summed E-state index contributed by atoms with van der Waals surface area (Å²) < 4.78 is 13.3. The Morgan fingerprint density at radius 1 is 1.13 bits per heavy atom. The van der Waals surface area contributed by atoms with Gasteiger partial charge in [0.25, 0.3) is 5.56 Å². The summed E-state index contributed by atoms with van der Waals surface area (Å²) in [6.07, 6.45) is 0. The van der Waals surface area contributed by atoms with Gasteiger partial charge in [-0.25, -0.2) is 4.98 Å². The summed E-state index contributed by atoms with van der Waals surface area (Å²) >= 11 is 1.47. The van der Waals surface area contributed by atoms with E-state index >= 15 is 0 Å². The smallest absolute Gasteiger partial charge is 0.258 e. The van der Waals surface area contributed by atoms with Crippen LogP contribution in [0.3, 0.4) is 0 Å². The summed E-state index contributed by atoms with van der Waals surface area (Å²) in [4.78, 5) is 19.7. The van der Waals surface area contributed by atoms with Crippen molar-refractivity contribution in [1.29, 1.82) is 0 Å². The zero-order valence-electron chi connectivity index (χ0n) is 17.6. The van der Waals surface area contributed by atoms with Crippen molar-refractivity contribution < 1.29 is 9.47 Å². The average molecular weight is 438 g/mol. The van der Waals surface area contributed by atoms with Gasteiger partial charge in [-0.1, -0.05) is 30.0 Å². The molecular formula is C22H23N5O3S. The summed E-state index contributed by atoms with van der Waals surface area (Å²) in [6, 6.07) is 13.1. The van der Waals surface area contributed by atoms with Crippen LogP contribution in [-0.2, 0) is 18.9 Å². The van der Waals surface area contributed by atoms with E-state index in [-0.39, 0.29) is 12.2 Å². The van der Waals surface area contributed by atoms with E-state index in [1.54, 1.807) is 13.2 Å². The molecule has 2 aromatic heterocycles. The fourth-order valence-corrected chi connectivity index (χ4v) is 4.11. The molecule has 0 saturated heterocycles. The van der Waals surface area contributed by atoms with Gasteiger partial charge in [-0.05, 0) is 43.7 Å². The molecule has 0 amide bonds. The molecule has 1 N–H and O–H groups in total. The summed E-state index contributed by atoms with van der Waals surface area (Å²) in [7, 11) is 1.62. The number of para-hydroxylation sites is 1. The summed E-state index contributed by atoms with van der Waals surface area (Å²) in [5.41, 5.74) is 1.64. The van der Waals surface area contributed by atoms with Gasteiger partial charge < -0.3 is 19.0 Å². The van der Waals surface area contributed by atoms with Crippen molar-refractivity contribution in [1.82, 2.24) is 24.7 Å². The molecule has 8 nitrogen and oxygen atoms in total. The Morgan fingerprint density at radius 3 is 2.77 bits per heavy atom. The Morgan fingerprint density at radius 2 is 1.97 bits per heavy atom. The maximum Gasteiger partial charge on any atom is 0.258 e. The second-order valence-corrected chi connectivity index (χ2v) is 7.85. The Labute approximate surface area is 183 Å². The number of aryl methyl sites for hydroxylation is 1. The predicted octanol–water partition coefficient (Wildman–Crippen LogP) is 3.72. The van der Waals surface area contributed by atoms with Crippen molar-refractivity contribution in [2.75, 3.05) is 7.11 Å². The summed E-state index contributed by atoms with van der Waals surface area (Å²) in [6.45, 7) is 4.99. The number of H-pyrrole nitrogens is 1. The first-order chi connectivity index (χ1) is 15.1. The lowest BCUT2D eigenvalue weighted by molar-refractivity contribution is 0.270. The largest absolute Gasteiger partial charge is 0.493 e. The summed E-state index contributed by atoms with van der Waals surface area (Å²) in [5.74, 6) is 3.13. The number of hydrogen-bond donors (Lipinski definition) is 1. The minimum atomic E-state index is -0.140. The Kier molecular flexibility index (Phi) is 6.22. The topological polar surface area (TPSA) is 94.9 Å². The highest BCUT2D eigenvalue weighted by Gasteiger charge is 2.14. The molecule has 0 aliphatic heterocycles. The molecule has 2 aromatic carbocycles. The van der Waals surface area contributed by atoms with Gasteiger partial charge in [0, 0.05) is 6.54 Å². The first-order valence-corrected chi connectivity index (χ1v) is 10.9. The highest BCUT2D eigenvalue weighted by Crippen LogP contribution is 2.29.